The lowest BCUT2D eigenvalue weighted by atomic mass is 10.0. The number of nitrogens with zero attached hydrogens (tertiary/aromatic N) is 4. The molecule has 0 saturated carbocycles. The minimum absolute atomic E-state index is 0.0227. The summed E-state index contributed by atoms with van der Waals surface area (Å²) in [5.41, 5.74) is 7.17. The standard InChI is InChI=1S/C12H15N5O3.C6H6.C2H6.CH4O/c13-11-10-12(15-4-14-11)17(5-16-10)7-1-8-9(19-2-7)3-18-6-20-8;1-2-4-6-5-3-1;2*1-2/h4-5,7-9H,1-3,6H2,(H2,13,14,15);1-6H;1-2H3;2H,1H3. The lowest BCUT2D eigenvalue weighted by molar-refractivity contribution is -0.231. The van der Waals surface area contributed by atoms with E-state index in [2.05, 4.69) is 15.0 Å². The van der Waals surface area contributed by atoms with E-state index in [1.165, 1.54) is 6.33 Å². The number of aliphatic hydroxyl groups is 1. The SMILES string of the molecule is CC.CO.Nc1ncnc2c1ncn2C1COC2COCOC2C1.c1ccccc1. The number of benzene rings is 1. The molecule has 5 rings (SSSR count). The zero-order valence-corrected chi connectivity index (χ0v) is 17.7. The van der Waals surface area contributed by atoms with Crippen LogP contribution < -0.4 is 5.73 Å². The van der Waals surface area contributed by atoms with Gasteiger partial charge in [-0.25, -0.2) is 15.0 Å². The molecule has 3 unspecified atom stereocenters. The van der Waals surface area contributed by atoms with Crippen LogP contribution in [0.4, 0.5) is 5.82 Å². The highest BCUT2D eigenvalue weighted by molar-refractivity contribution is 5.81. The van der Waals surface area contributed by atoms with Gasteiger partial charge >= 0.3 is 0 Å². The van der Waals surface area contributed by atoms with Crippen LogP contribution in [-0.2, 0) is 14.2 Å². The van der Waals surface area contributed by atoms with Crippen LogP contribution in [-0.4, -0.2) is 63.9 Å². The minimum Gasteiger partial charge on any atom is -0.400 e. The second-order valence-electron chi connectivity index (χ2n) is 6.19. The van der Waals surface area contributed by atoms with Gasteiger partial charge in [-0.15, -0.1) is 0 Å². The van der Waals surface area contributed by atoms with E-state index in [4.69, 9.17) is 25.1 Å². The Morgan fingerprint density at radius 3 is 2.27 bits per heavy atom. The molecule has 3 N–H and O–H groups in total. The number of nitrogen functional groups attached to an aromatic ring is 1. The Hall–Kier alpha value is -2.59. The number of rotatable bonds is 1. The van der Waals surface area contributed by atoms with Crippen molar-refractivity contribution in [2.75, 3.05) is 32.9 Å². The van der Waals surface area contributed by atoms with Crippen molar-refractivity contribution in [2.45, 2.75) is 38.5 Å². The number of hydrogen-bond donors (Lipinski definition) is 2. The number of nitrogens with two attached hydrogens (primary N) is 1. The molecular formula is C21H31N5O4. The van der Waals surface area contributed by atoms with Crippen molar-refractivity contribution in [1.29, 1.82) is 0 Å². The van der Waals surface area contributed by atoms with Gasteiger partial charge in [-0.05, 0) is 6.42 Å². The molecular weight excluding hydrogens is 386 g/mol. The lowest BCUT2D eigenvalue weighted by Crippen LogP contribution is -2.47. The largest absolute Gasteiger partial charge is 0.400 e. The maximum absolute atomic E-state index is 7.00. The minimum atomic E-state index is 0.0227. The predicted octanol–water partition coefficient (Wildman–Crippen LogP) is 2.43. The molecule has 0 spiro atoms. The van der Waals surface area contributed by atoms with Crippen LogP contribution in [0.2, 0.25) is 0 Å². The van der Waals surface area contributed by atoms with Crippen molar-refractivity contribution >= 4 is 17.0 Å². The van der Waals surface area contributed by atoms with Crippen molar-refractivity contribution < 1.29 is 19.3 Å². The van der Waals surface area contributed by atoms with Crippen molar-refractivity contribution in [2.24, 2.45) is 0 Å². The van der Waals surface area contributed by atoms with Gasteiger partial charge in [-0.1, -0.05) is 50.2 Å². The molecule has 0 amide bonds. The van der Waals surface area contributed by atoms with Crippen LogP contribution in [0.25, 0.3) is 11.2 Å². The zero-order valence-electron chi connectivity index (χ0n) is 17.7. The van der Waals surface area contributed by atoms with E-state index in [9.17, 15) is 0 Å². The molecule has 2 aromatic heterocycles. The van der Waals surface area contributed by atoms with Gasteiger partial charge in [0, 0.05) is 7.11 Å². The molecule has 0 aliphatic carbocycles. The summed E-state index contributed by atoms with van der Waals surface area (Å²) < 4.78 is 18.7. The molecule has 1 aromatic carbocycles. The Kier molecular flexibility index (Phi) is 10.2. The van der Waals surface area contributed by atoms with Crippen LogP contribution in [0.1, 0.15) is 26.3 Å². The van der Waals surface area contributed by atoms with Crippen LogP contribution in [0.15, 0.2) is 49.1 Å². The Labute approximate surface area is 176 Å². The first-order chi connectivity index (χ1) is 14.8. The smallest absolute Gasteiger partial charge is 0.165 e. The highest BCUT2D eigenvalue weighted by Crippen LogP contribution is 2.30. The van der Waals surface area contributed by atoms with Gasteiger partial charge in [0.25, 0.3) is 0 Å². The van der Waals surface area contributed by atoms with Gasteiger partial charge in [-0.3, -0.25) is 0 Å². The van der Waals surface area contributed by atoms with Crippen LogP contribution >= 0.6 is 0 Å². The second-order valence-corrected chi connectivity index (χ2v) is 6.19. The third-order valence-corrected chi connectivity index (χ3v) is 4.52. The molecule has 2 saturated heterocycles. The van der Waals surface area contributed by atoms with Crippen molar-refractivity contribution in [3.8, 4) is 0 Å². The van der Waals surface area contributed by atoms with E-state index in [1.54, 1.807) is 6.33 Å². The maximum Gasteiger partial charge on any atom is 0.165 e. The molecule has 0 bridgehead atoms. The fourth-order valence-corrected chi connectivity index (χ4v) is 3.18. The molecule has 4 heterocycles. The fraction of sp³-hybridized carbons (Fsp3) is 0.476. The summed E-state index contributed by atoms with van der Waals surface area (Å²) in [6.07, 6.45) is 4.12. The fourth-order valence-electron chi connectivity index (χ4n) is 3.18. The zero-order chi connectivity index (χ0) is 21.8. The lowest BCUT2D eigenvalue weighted by Gasteiger charge is -2.39. The second kappa shape index (κ2) is 12.9. The first kappa shape index (κ1) is 23.7. The number of aromatic nitrogens is 4. The van der Waals surface area contributed by atoms with Gasteiger partial charge < -0.3 is 29.6 Å². The van der Waals surface area contributed by atoms with E-state index in [0.29, 0.717) is 31.3 Å². The van der Waals surface area contributed by atoms with Crippen LogP contribution in [0.5, 0.6) is 0 Å². The van der Waals surface area contributed by atoms with Gasteiger partial charge in [0.1, 0.15) is 24.7 Å². The average Bonchev–Trinajstić information content (AvgIpc) is 3.28. The van der Waals surface area contributed by atoms with Crippen molar-refractivity contribution in [1.82, 2.24) is 19.5 Å². The van der Waals surface area contributed by atoms with Crippen molar-refractivity contribution in [3.05, 3.63) is 49.1 Å². The number of ether oxygens (including phenoxy) is 3. The van der Waals surface area contributed by atoms with E-state index in [1.807, 2.05) is 54.8 Å². The predicted molar refractivity (Wildman–Crippen MR) is 115 cm³/mol. The molecule has 164 valence electrons. The van der Waals surface area contributed by atoms with Crippen LogP contribution in [0.3, 0.4) is 0 Å². The van der Waals surface area contributed by atoms with E-state index in [-0.39, 0.29) is 18.2 Å². The molecule has 2 aliphatic rings. The molecule has 2 aliphatic heterocycles. The quantitative estimate of drug-likeness (QED) is 0.620. The summed E-state index contributed by atoms with van der Waals surface area (Å²) in [7, 11) is 1.00. The summed E-state index contributed by atoms with van der Waals surface area (Å²) in [6, 6.07) is 12.1. The molecule has 9 nitrogen and oxygen atoms in total. The Morgan fingerprint density at radius 1 is 0.933 bits per heavy atom. The number of hydrogen-bond acceptors (Lipinski definition) is 8. The number of fused-ring (bicyclic) bond motifs is 2. The van der Waals surface area contributed by atoms with Crippen LogP contribution in [0, 0.1) is 0 Å². The van der Waals surface area contributed by atoms with Gasteiger partial charge in [0.2, 0.25) is 0 Å². The monoisotopic (exact) mass is 417 g/mol. The first-order valence-electron chi connectivity index (χ1n) is 10.0. The Bertz CT molecular complexity index is 819. The van der Waals surface area contributed by atoms with E-state index < -0.39 is 0 Å². The number of anilines is 1. The molecule has 3 aromatic rings. The highest BCUT2D eigenvalue weighted by atomic mass is 16.7. The Balaban J connectivity index is 0.000000271. The Morgan fingerprint density at radius 2 is 1.60 bits per heavy atom. The first-order valence-corrected chi connectivity index (χ1v) is 10.0. The summed E-state index contributed by atoms with van der Waals surface area (Å²) in [4.78, 5) is 12.5. The summed E-state index contributed by atoms with van der Waals surface area (Å²) in [6.45, 7) is 5.51. The third kappa shape index (κ3) is 5.96. The number of aliphatic hydroxyl groups excluding tert-OH is 1. The number of imidazole rings is 1. The highest BCUT2D eigenvalue weighted by Gasteiger charge is 2.36. The topological polar surface area (TPSA) is 118 Å². The molecule has 9 heteroatoms. The average molecular weight is 418 g/mol. The molecule has 3 atom stereocenters. The summed E-state index contributed by atoms with van der Waals surface area (Å²) >= 11 is 0. The molecule has 0 radical (unpaired) electrons. The van der Waals surface area contributed by atoms with Crippen molar-refractivity contribution in [3.63, 3.8) is 0 Å². The van der Waals surface area contributed by atoms with E-state index >= 15 is 0 Å². The van der Waals surface area contributed by atoms with E-state index in [0.717, 1.165) is 19.2 Å². The van der Waals surface area contributed by atoms with Gasteiger partial charge in [0.05, 0.1) is 31.7 Å². The molecule has 30 heavy (non-hydrogen) atoms. The van der Waals surface area contributed by atoms with Gasteiger partial charge in [-0.2, -0.15) is 0 Å². The van der Waals surface area contributed by atoms with Gasteiger partial charge in [0.15, 0.2) is 11.5 Å². The summed E-state index contributed by atoms with van der Waals surface area (Å²) in [5, 5.41) is 7.00. The third-order valence-electron chi connectivity index (χ3n) is 4.52. The summed E-state index contributed by atoms with van der Waals surface area (Å²) in [5.74, 6) is 0.394. The maximum atomic E-state index is 7.00. The normalized spacial score (nSPS) is 22.2. The molecule has 2 fully saturated rings.